The predicted molar refractivity (Wildman–Crippen MR) is 115 cm³/mol. The van der Waals surface area contributed by atoms with E-state index in [1.54, 1.807) is 35.1 Å². The van der Waals surface area contributed by atoms with Crippen molar-refractivity contribution in [3.8, 4) is 22.0 Å². The Hall–Kier alpha value is -2.43. The highest BCUT2D eigenvalue weighted by atomic mass is 32.1. The zero-order chi connectivity index (χ0) is 19.4. The highest BCUT2D eigenvalue weighted by Gasteiger charge is 2.36. The molecule has 0 saturated carbocycles. The van der Waals surface area contributed by atoms with Crippen LogP contribution >= 0.6 is 22.7 Å². The summed E-state index contributed by atoms with van der Waals surface area (Å²) in [6.45, 7) is 0. The molecular formula is C19H20N8S2. The highest BCUT2D eigenvalue weighted by Crippen LogP contribution is 2.38. The molecule has 2 N–H and O–H groups in total. The van der Waals surface area contributed by atoms with Gasteiger partial charge in [0, 0.05) is 36.9 Å². The number of nitrogens with one attached hydrogen (secondary N) is 2. The summed E-state index contributed by atoms with van der Waals surface area (Å²) in [5, 5.41) is 21.0. The Morgan fingerprint density at radius 3 is 2.45 bits per heavy atom. The average Bonchev–Trinajstić information content (AvgIpc) is 3.51. The van der Waals surface area contributed by atoms with Gasteiger partial charge in [-0.2, -0.15) is 5.10 Å². The van der Waals surface area contributed by atoms with E-state index >= 15 is 0 Å². The van der Waals surface area contributed by atoms with Gasteiger partial charge in [0.25, 0.3) is 0 Å². The number of hydrogen-bond acceptors (Lipinski definition) is 9. The molecular weight excluding hydrogens is 404 g/mol. The summed E-state index contributed by atoms with van der Waals surface area (Å²) in [6, 6.07) is 5.82. The van der Waals surface area contributed by atoms with Crippen LogP contribution in [-0.4, -0.2) is 55.5 Å². The van der Waals surface area contributed by atoms with E-state index < -0.39 is 0 Å². The summed E-state index contributed by atoms with van der Waals surface area (Å²) in [5.41, 5.74) is 2.49. The Morgan fingerprint density at radius 1 is 1.00 bits per heavy atom. The lowest BCUT2D eigenvalue weighted by atomic mass is 9.99. The lowest BCUT2D eigenvalue weighted by molar-refractivity contribution is 0.354. The molecule has 2 aliphatic heterocycles. The molecule has 29 heavy (non-hydrogen) atoms. The number of piperidine rings is 1. The summed E-state index contributed by atoms with van der Waals surface area (Å²) >= 11 is 3.25. The van der Waals surface area contributed by atoms with Crippen LogP contribution in [0.5, 0.6) is 0 Å². The van der Waals surface area contributed by atoms with E-state index in [-0.39, 0.29) is 0 Å². The predicted octanol–water partition coefficient (Wildman–Crippen LogP) is 3.32. The number of nitrogens with zero attached hydrogens (tertiary/aromatic N) is 6. The van der Waals surface area contributed by atoms with Gasteiger partial charge in [-0.05, 0) is 37.8 Å². The van der Waals surface area contributed by atoms with Gasteiger partial charge in [-0.25, -0.2) is 9.97 Å². The standard InChI is InChI=1S/C19H20N8S2/c1-27(13-6-11-2-3-12(7-13)22-11)19-24-18-17(29-19)23-16(28-18)15-5-4-14(25-26-15)10-8-20-21-9-10/h4-5,8-9,11-13,22H,2-3,6-7H2,1H3,(H,20,21)/t11-,12+,13?. The Kier molecular flexibility index (Phi) is 4.10. The molecule has 148 valence electrons. The van der Waals surface area contributed by atoms with Gasteiger partial charge in [0.05, 0.1) is 11.9 Å². The van der Waals surface area contributed by atoms with E-state index in [4.69, 9.17) is 9.97 Å². The average molecular weight is 425 g/mol. The number of aromatic nitrogens is 6. The molecule has 0 amide bonds. The Balaban J connectivity index is 1.23. The monoisotopic (exact) mass is 424 g/mol. The van der Waals surface area contributed by atoms with Crippen molar-refractivity contribution in [2.75, 3.05) is 11.9 Å². The third-order valence-electron chi connectivity index (χ3n) is 5.94. The van der Waals surface area contributed by atoms with Gasteiger partial charge in [-0.15, -0.1) is 10.2 Å². The highest BCUT2D eigenvalue weighted by molar-refractivity contribution is 7.29. The molecule has 0 aliphatic carbocycles. The van der Waals surface area contributed by atoms with Crippen LogP contribution in [0.15, 0.2) is 24.5 Å². The smallest absolute Gasteiger partial charge is 0.188 e. The normalized spacial score (nSPS) is 23.7. The molecule has 2 fully saturated rings. The molecule has 0 aromatic carbocycles. The van der Waals surface area contributed by atoms with Gasteiger partial charge in [-0.1, -0.05) is 22.7 Å². The minimum absolute atomic E-state index is 0.565. The van der Waals surface area contributed by atoms with Crippen molar-refractivity contribution in [1.82, 2.24) is 35.7 Å². The zero-order valence-corrected chi connectivity index (χ0v) is 17.5. The third-order valence-corrected chi connectivity index (χ3v) is 8.08. The van der Waals surface area contributed by atoms with Crippen LogP contribution < -0.4 is 10.2 Å². The Morgan fingerprint density at radius 2 is 1.76 bits per heavy atom. The van der Waals surface area contributed by atoms with Gasteiger partial charge in [0.2, 0.25) is 0 Å². The summed E-state index contributed by atoms with van der Waals surface area (Å²) < 4.78 is 0. The maximum atomic E-state index is 4.88. The van der Waals surface area contributed by atoms with Crippen molar-refractivity contribution in [3.63, 3.8) is 0 Å². The first-order valence-corrected chi connectivity index (χ1v) is 11.5. The number of aromatic amines is 1. The van der Waals surface area contributed by atoms with E-state index in [1.807, 2.05) is 12.1 Å². The number of hydrogen-bond donors (Lipinski definition) is 2. The van der Waals surface area contributed by atoms with Gasteiger partial charge < -0.3 is 10.2 Å². The summed E-state index contributed by atoms with van der Waals surface area (Å²) in [5.74, 6) is 0. The SMILES string of the molecule is CN(c1nc2sc(-c3ccc(-c4cn[nH]c4)nn3)nc2s1)C1C[C@H]2CC[C@@H](C1)N2. The van der Waals surface area contributed by atoms with Crippen molar-refractivity contribution in [1.29, 1.82) is 0 Å². The fraction of sp³-hybridized carbons (Fsp3) is 0.421. The molecule has 2 bridgehead atoms. The van der Waals surface area contributed by atoms with Crippen LogP contribution in [0.1, 0.15) is 25.7 Å². The second-order valence-electron chi connectivity index (χ2n) is 7.79. The van der Waals surface area contributed by atoms with Crippen LogP contribution in [-0.2, 0) is 0 Å². The molecule has 10 heteroatoms. The maximum absolute atomic E-state index is 4.88. The topological polar surface area (TPSA) is 95.5 Å². The molecule has 1 unspecified atom stereocenters. The molecule has 2 saturated heterocycles. The molecule has 4 aromatic heterocycles. The van der Waals surface area contributed by atoms with Crippen LogP contribution in [0.2, 0.25) is 0 Å². The van der Waals surface area contributed by atoms with Crippen molar-refractivity contribution in [2.24, 2.45) is 0 Å². The Labute approximate surface area is 175 Å². The Bertz CT molecular complexity index is 1090. The molecule has 3 atom stereocenters. The fourth-order valence-corrected chi connectivity index (χ4v) is 6.42. The number of thiazole rings is 2. The van der Waals surface area contributed by atoms with Crippen LogP contribution in [0, 0.1) is 0 Å². The molecule has 8 nitrogen and oxygen atoms in total. The maximum Gasteiger partial charge on any atom is 0.188 e. The summed E-state index contributed by atoms with van der Waals surface area (Å²) in [4.78, 5) is 14.0. The zero-order valence-electron chi connectivity index (χ0n) is 15.9. The minimum Gasteiger partial charge on any atom is -0.348 e. The van der Waals surface area contributed by atoms with Crippen LogP contribution in [0.4, 0.5) is 5.13 Å². The summed E-state index contributed by atoms with van der Waals surface area (Å²) in [6.07, 6.45) is 8.58. The molecule has 2 aliphatic rings. The van der Waals surface area contributed by atoms with Gasteiger partial charge in [0.1, 0.15) is 10.7 Å². The molecule has 0 radical (unpaired) electrons. The van der Waals surface area contributed by atoms with E-state index in [2.05, 4.69) is 37.7 Å². The first-order valence-electron chi connectivity index (χ1n) is 9.82. The number of rotatable bonds is 4. The van der Waals surface area contributed by atoms with E-state index in [0.29, 0.717) is 18.1 Å². The first-order chi connectivity index (χ1) is 14.2. The summed E-state index contributed by atoms with van der Waals surface area (Å²) in [7, 11) is 2.18. The van der Waals surface area contributed by atoms with Crippen LogP contribution in [0.3, 0.4) is 0 Å². The lowest BCUT2D eigenvalue weighted by Crippen LogP contribution is -2.47. The number of anilines is 1. The van der Waals surface area contributed by atoms with Crippen molar-refractivity contribution >= 4 is 37.5 Å². The largest absolute Gasteiger partial charge is 0.348 e. The van der Waals surface area contributed by atoms with E-state index in [1.165, 1.54) is 25.7 Å². The van der Waals surface area contributed by atoms with Gasteiger partial charge in [-0.3, -0.25) is 5.10 Å². The number of H-pyrrole nitrogens is 1. The minimum atomic E-state index is 0.565. The lowest BCUT2D eigenvalue weighted by Gasteiger charge is -2.35. The van der Waals surface area contributed by atoms with Crippen LogP contribution in [0.25, 0.3) is 31.6 Å². The second kappa shape index (κ2) is 6.82. The van der Waals surface area contributed by atoms with Crippen molar-refractivity contribution < 1.29 is 0 Å². The quantitative estimate of drug-likeness (QED) is 0.519. The fourth-order valence-electron chi connectivity index (χ4n) is 4.38. The second-order valence-corrected chi connectivity index (χ2v) is 9.72. The number of fused-ring (bicyclic) bond motifs is 3. The van der Waals surface area contributed by atoms with Gasteiger partial charge in [0.15, 0.2) is 14.8 Å². The van der Waals surface area contributed by atoms with E-state index in [0.717, 1.165) is 36.8 Å². The molecule has 6 rings (SSSR count). The van der Waals surface area contributed by atoms with E-state index in [9.17, 15) is 0 Å². The van der Waals surface area contributed by atoms with Crippen molar-refractivity contribution in [3.05, 3.63) is 24.5 Å². The van der Waals surface area contributed by atoms with Crippen molar-refractivity contribution in [2.45, 2.75) is 43.8 Å². The first kappa shape index (κ1) is 17.4. The molecule has 4 aromatic rings. The third kappa shape index (κ3) is 3.11. The van der Waals surface area contributed by atoms with Gasteiger partial charge >= 0.3 is 0 Å². The molecule has 6 heterocycles. The molecule has 0 spiro atoms.